The minimum Gasteiger partial charge on any atom is -0.462 e. The Balaban J connectivity index is 0. The van der Waals surface area contributed by atoms with Gasteiger partial charge in [0, 0.05) is 42.1 Å². The third kappa shape index (κ3) is 9.60. The number of hydrogen-bond acceptors (Lipinski definition) is 4. The van der Waals surface area contributed by atoms with Gasteiger partial charge in [0.15, 0.2) is 0 Å². The molecule has 0 aromatic heterocycles. The molecule has 0 aromatic carbocycles. The monoisotopic (exact) mass is 195 g/mol. The maximum Gasteiger partial charge on any atom is 0.333 e. The summed E-state index contributed by atoms with van der Waals surface area (Å²) in [6.07, 6.45) is 0. The zero-order valence-electron chi connectivity index (χ0n) is 8.25. The van der Waals surface area contributed by atoms with Crippen LogP contribution in [0.2, 0.25) is 0 Å². The zero-order chi connectivity index (χ0) is 9.56. The van der Waals surface area contributed by atoms with Crippen molar-refractivity contribution in [1.29, 1.82) is 0 Å². The van der Waals surface area contributed by atoms with E-state index in [9.17, 15) is 9.59 Å². The van der Waals surface area contributed by atoms with Crippen LogP contribution in [-0.2, 0) is 19.1 Å². The smallest absolute Gasteiger partial charge is 0.333 e. The number of carbonyl (C=O) groups is 2. The van der Waals surface area contributed by atoms with E-state index in [1.807, 2.05) is 0 Å². The van der Waals surface area contributed by atoms with Gasteiger partial charge in [-0.2, -0.15) is 0 Å². The standard InChI is InChI=1S/C8H12O4.Na/c1-6(2)8(10)12-5-4-11-7(3)9;/h1,4-5H2,2-3H3;. The van der Waals surface area contributed by atoms with Crippen LogP contribution in [0.3, 0.4) is 0 Å². The van der Waals surface area contributed by atoms with Crippen LogP contribution in [-0.4, -0.2) is 54.7 Å². The third-order valence-corrected chi connectivity index (χ3v) is 0.970. The van der Waals surface area contributed by atoms with Gasteiger partial charge in [0.25, 0.3) is 0 Å². The summed E-state index contributed by atoms with van der Waals surface area (Å²) in [5.41, 5.74) is 0.331. The summed E-state index contributed by atoms with van der Waals surface area (Å²) in [6.45, 7) is 6.39. The fourth-order valence-electron chi connectivity index (χ4n) is 0.443. The quantitative estimate of drug-likeness (QED) is 0.280. The van der Waals surface area contributed by atoms with Gasteiger partial charge in [-0.15, -0.1) is 0 Å². The van der Waals surface area contributed by atoms with E-state index < -0.39 is 5.97 Å². The second-order valence-electron chi connectivity index (χ2n) is 2.26. The Bertz CT molecular complexity index is 200. The number of rotatable bonds is 4. The van der Waals surface area contributed by atoms with Crippen molar-refractivity contribution in [1.82, 2.24) is 0 Å². The molecule has 13 heavy (non-hydrogen) atoms. The SMILES string of the molecule is C=C(C)C(=O)OCCOC(C)=O.[Na]. The molecule has 0 unspecified atom stereocenters. The molecule has 0 heterocycles. The molecule has 0 fully saturated rings. The van der Waals surface area contributed by atoms with E-state index in [-0.39, 0.29) is 48.7 Å². The molecule has 0 bridgehead atoms. The molecule has 0 aliphatic rings. The molecule has 0 aliphatic heterocycles. The molecule has 69 valence electrons. The van der Waals surface area contributed by atoms with Gasteiger partial charge in [0.1, 0.15) is 13.2 Å². The van der Waals surface area contributed by atoms with Crippen LogP contribution < -0.4 is 0 Å². The molecule has 0 saturated carbocycles. The first kappa shape index (κ1) is 15.2. The van der Waals surface area contributed by atoms with Crippen LogP contribution in [0.1, 0.15) is 13.8 Å². The van der Waals surface area contributed by atoms with E-state index in [0.717, 1.165) is 0 Å². The van der Waals surface area contributed by atoms with Crippen molar-refractivity contribution in [2.45, 2.75) is 13.8 Å². The van der Waals surface area contributed by atoms with Crippen molar-refractivity contribution >= 4 is 41.5 Å². The first-order chi connectivity index (χ1) is 5.54. The molecule has 0 amide bonds. The molecule has 0 N–H and O–H groups in total. The molecule has 0 saturated heterocycles. The second-order valence-corrected chi connectivity index (χ2v) is 2.26. The molecule has 4 nitrogen and oxygen atoms in total. The van der Waals surface area contributed by atoms with Gasteiger partial charge in [-0.25, -0.2) is 4.79 Å². The number of ether oxygens (including phenoxy) is 2. The Morgan fingerprint density at radius 2 is 1.62 bits per heavy atom. The van der Waals surface area contributed by atoms with E-state index in [0.29, 0.717) is 5.57 Å². The topological polar surface area (TPSA) is 52.6 Å². The average Bonchev–Trinajstić information content (AvgIpc) is 1.97. The van der Waals surface area contributed by atoms with Crippen molar-refractivity contribution in [3.63, 3.8) is 0 Å². The first-order valence-electron chi connectivity index (χ1n) is 3.50. The molecular formula is C8H12NaO4. The Labute approximate surface area is 99.6 Å². The average molecular weight is 195 g/mol. The van der Waals surface area contributed by atoms with Gasteiger partial charge >= 0.3 is 11.9 Å². The van der Waals surface area contributed by atoms with Crippen molar-refractivity contribution in [2.24, 2.45) is 0 Å². The summed E-state index contributed by atoms with van der Waals surface area (Å²) >= 11 is 0. The summed E-state index contributed by atoms with van der Waals surface area (Å²) in [4.78, 5) is 21.0. The fourth-order valence-corrected chi connectivity index (χ4v) is 0.443. The van der Waals surface area contributed by atoms with E-state index in [2.05, 4.69) is 16.1 Å². The van der Waals surface area contributed by atoms with E-state index in [4.69, 9.17) is 0 Å². The van der Waals surface area contributed by atoms with Crippen molar-refractivity contribution < 1.29 is 19.1 Å². The van der Waals surface area contributed by atoms with Crippen LogP contribution in [0, 0.1) is 0 Å². The first-order valence-corrected chi connectivity index (χ1v) is 3.50. The molecule has 5 heteroatoms. The van der Waals surface area contributed by atoms with Gasteiger partial charge in [-0.1, -0.05) is 6.58 Å². The Kier molecular flexibility index (Phi) is 9.67. The number of carbonyl (C=O) groups excluding carboxylic acids is 2. The fraction of sp³-hybridized carbons (Fsp3) is 0.500. The van der Waals surface area contributed by atoms with Crippen molar-refractivity contribution in [3.8, 4) is 0 Å². The Morgan fingerprint density at radius 3 is 2.00 bits per heavy atom. The molecule has 1 radical (unpaired) electrons. The maximum absolute atomic E-state index is 10.7. The van der Waals surface area contributed by atoms with Crippen molar-refractivity contribution in [3.05, 3.63) is 12.2 Å². The largest absolute Gasteiger partial charge is 0.462 e. The number of esters is 2. The van der Waals surface area contributed by atoms with Gasteiger partial charge in [0.2, 0.25) is 0 Å². The summed E-state index contributed by atoms with van der Waals surface area (Å²) in [5.74, 6) is -0.858. The van der Waals surface area contributed by atoms with Crippen LogP contribution in [0.25, 0.3) is 0 Å². The number of hydrogen-bond donors (Lipinski definition) is 0. The van der Waals surface area contributed by atoms with Gasteiger partial charge < -0.3 is 9.47 Å². The predicted octanol–water partition coefficient (Wildman–Crippen LogP) is 0.288. The molecule has 0 spiro atoms. The van der Waals surface area contributed by atoms with Gasteiger partial charge in [-0.05, 0) is 6.92 Å². The zero-order valence-corrected chi connectivity index (χ0v) is 10.3. The molecule has 0 rings (SSSR count). The molecule has 0 aromatic rings. The minimum absolute atomic E-state index is 0. The van der Waals surface area contributed by atoms with E-state index >= 15 is 0 Å². The van der Waals surface area contributed by atoms with E-state index in [1.165, 1.54) is 6.92 Å². The van der Waals surface area contributed by atoms with Crippen molar-refractivity contribution in [2.75, 3.05) is 13.2 Å². The predicted molar refractivity (Wildman–Crippen MR) is 48.2 cm³/mol. The van der Waals surface area contributed by atoms with Gasteiger partial charge in [-0.3, -0.25) is 4.79 Å². The minimum atomic E-state index is -0.470. The van der Waals surface area contributed by atoms with Crippen LogP contribution >= 0.6 is 0 Å². The Hall–Kier alpha value is -0.320. The van der Waals surface area contributed by atoms with Crippen LogP contribution in [0.15, 0.2) is 12.2 Å². The van der Waals surface area contributed by atoms with Crippen LogP contribution in [0.4, 0.5) is 0 Å². The summed E-state index contributed by atoms with van der Waals surface area (Å²) < 4.78 is 9.16. The maximum atomic E-state index is 10.7. The summed E-state index contributed by atoms with van der Waals surface area (Å²) in [5, 5.41) is 0. The van der Waals surface area contributed by atoms with E-state index in [1.54, 1.807) is 6.92 Å². The molecular weight excluding hydrogens is 183 g/mol. The summed E-state index contributed by atoms with van der Waals surface area (Å²) in [6, 6.07) is 0. The third-order valence-electron chi connectivity index (χ3n) is 0.970. The normalized spacial score (nSPS) is 8.15. The molecule has 0 aliphatic carbocycles. The van der Waals surface area contributed by atoms with Gasteiger partial charge in [0.05, 0.1) is 0 Å². The van der Waals surface area contributed by atoms with Crippen LogP contribution in [0.5, 0.6) is 0 Å². The Morgan fingerprint density at radius 1 is 1.15 bits per heavy atom. The second kappa shape index (κ2) is 8.29. The summed E-state index contributed by atoms with van der Waals surface area (Å²) in [7, 11) is 0. The molecule has 0 atom stereocenters.